The summed E-state index contributed by atoms with van der Waals surface area (Å²) in [6, 6.07) is -0.00477. The average molecular weight is 196 g/mol. The van der Waals surface area contributed by atoms with Crippen molar-refractivity contribution < 1.29 is 9.53 Å². The molecule has 0 N–H and O–H groups in total. The summed E-state index contributed by atoms with van der Waals surface area (Å²) in [6.45, 7) is 10.1. The van der Waals surface area contributed by atoms with Crippen LogP contribution in [-0.4, -0.2) is 29.2 Å². The minimum Gasteiger partial charge on any atom is -0.444 e. The van der Waals surface area contributed by atoms with Crippen molar-refractivity contribution in [3.8, 4) is 0 Å². The molecule has 0 aromatic carbocycles. The third-order valence-electron chi connectivity index (χ3n) is 1.95. The van der Waals surface area contributed by atoms with Crippen LogP contribution in [0.25, 0.3) is 0 Å². The van der Waals surface area contributed by atoms with Gasteiger partial charge in [0.15, 0.2) is 0 Å². The fourth-order valence-electron chi connectivity index (χ4n) is 1.26. The molecule has 0 saturated carbocycles. The van der Waals surface area contributed by atoms with Crippen molar-refractivity contribution in [1.29, 1.82) is 0 Å². The van der Waals surface area contributed by atoms with E-state index in [2.05, 4.69) is 6.92 Å². The van der Waals surface area contributed by atoms with Crippen LogP contribution in [0.2, 0.25) is 0 Å². The zero-order valence-electron chi connectivity index (χ0n) is 9.12. The average Bonchev–Trinajstić information content (AvgIpc) is 2.01. The van der Waals surface area contributed by atoms with E-state index in [0.29, 0.717) is 6.54 Å². The van der Waals surface area contributed by atoms with Crippen molar-refractivity contribution in [2.75, 3.05) is 6.54 Å². The normalized spacial score (nSPS) is 22.3. The van der Waals surface area contributed by atoms with Crippen LogP contribution in [0.5, 0.6) is 0 Å². The maximum Gasteiger partial charge on any atom is 0.410 e. The molecule has 0 aliphatic carbocycles. The molecule has 0 fully saturated rings. The number of carbonyl (C=O) groups excluding carboxylic acids is 1. The quantitative estimate of drug-likeness (QED) is 0.557. The second-order valence-corrected chi connectivity index (χ2v) is 4.49. The molecular formula is C11H18NO2. The summed E-state index contributed by atoms with van der Waals surface area (Å²) in [7, 11) is 0. The molecule has 0 saturated heterocycles. The highest BCUT2D eigenvalue weighted by Gasteiger charge is 2.25. The molecule has 1 radical (unpaired) electrons. The molecule has 1 rings (SSSR count). The van der Waals surface area contributed by atoms with Crippen LogP contribution in [0.15, 0.2) is 12.2 Å². The Bertz CT molecular complexity index is 240. The monoisotopic (exact) mass is 196 g/mol. The summed E-state index contributed by atoms with van der Waals surface area (Å²) in [6.07, 6.45) is 4.53. The lowest BCUT2D eigenvalue weighted by molar-refractivity contribution is 0.0215. The highest BCUT2D eigenvalue weighted by molar-refractivity contribution is 5.69. The number of hydrogen-bond acceptors (Lipinski definition) is 2. The van der Waals surface area contributed by atoms with Gasteiger partial charge in [0.2, 0.25) is 0 Å². The third-order valence-corrected chi connectivity index (χ3v) is 1.95. The van der Waals surface area contributed by atoms with E-state index in [1.807, 2.05) is 32.9 Å². The number of ether oxygens (including phenoxy) is 1. The Balaban J connectivity index is 2.56. The largest absolute Gasteiger partial charge is 0.444 e. The molecule has 1 atom stereocenters. The molecule has 0 unspecified atom stereocenters. The van der Waals surface area contributed by atoms with Gasteiger partial charge >= 0.3 is 6.09 Å². The van der Waals surface area contributed by atoms with Gasteiger partial charge in [-0.1, -0.05) is 12.2 Å². The van der Waals surface area contributed by atoms with Crippen molar-refractivity contribution in [2.24, 2.45) is 0 Å². The maximum atomic E-state index is 11.7. The van der Waals surface area contributed by atoms with E-state index in [1.165, 1.54) is 0 Å². The summed E-state index contributed by atoms with van der Waals surface area (Å²) < 4.78 is 5.26. The van der Waals surface area contributed by atoms with Gasteiger partial charge in [0.05, 0.1) is 0 Å². The fourth-order valence-corrected chi connectivity index (χ4v) is 1.26. The molecule has 14 heavy (non-hydrogen) atoms. The van der Waals surface area contributed by atoms with Crippen molar-refractivity contribution in [3.63, 3.8) is 0 Å². The van der Waals surface area contributed by atoms with Gasteiger partial charge in [0.25, 0.3) is 0 Å². The smallest absolute Gasteiger partial charge is 0.410 e. The Morgan fingerprint density at radius 2 is 2.14 bits per heavy atom. The highest BCUT2D eigenvalue weighted by atomic mass is 16.6. The SMILES string of the molecule is [CH2][C@@H]1CC=CCN1C(=O)OC(C)(C)C. The summed E-state index contributed by atoms with van der Waals surface area (Å²) in [4.78, 5) is 13.3. The van der Waals surface area contributed by atoms with Gasteiger partial charge in [0.1, 0.15) is 5.60 Å². The van der Waals surface area contributed by atoms with E-state index in [0.717, 1.165) is 6.42 Å². The van der Waals surface area contributed by atoms with Crippen molar-refractivity contribution in [1.82, 2.24) is 4.90 Å². The molecule has 1 aliphatic heterocycles. The summed E-state index contributed by atoms with van der Waals surface area (Å²) in [5, 5.41) is 0. The molecule has 0 bridgehead atoms. The number of amides is 1. The lowest BCUT2D eigenvalue weighted by Crippen LogP contribution is -2.43. The van der Waals surface area contributed by atoms with Gasteiger partial charge in [0, 0.05) is 12.6 Å². The van der Waals surface area contributed by atoms with Gasteiger partial charge in [-0.05, 0) is 34.1 Å². The Kier molecular flexibility index (Phi) is 3.19. The van der Waals surface area contributed by atoms with Gasteiger partial charge in [-0.15, -0.1) is 0 Å². The van der Waals surface area contributed by atoms with E-state index >= 15 is 0 Å². The van der Waals surface area contributed by atoms with E-state index in [4.69, 9.17) is 4.74 Å². The molecule has 0 aromatic heterocycles. The van der Waals surface area contributed by atoms with Gasteiger partial charge < -0.3 is 9.64 Å². The van der Waals surface area contributed by atoms with E-state index in [-0.39, 0.29) is 12.1 Å². The first-order valence-corrected chi connectivity index (χ1v) is 4.88. The number of rotatable bonds is 0. The summed E-state index contributed by atoms with van der Waals surface area (Å²) in [5.41, 5.74) is -0.433. The third kappa shape index (κ3) is 3.05. The molecule has 1 aliphatic rings. The standard InChI is InChI=1S/C11H18NO2/c1-9-7-5-6-8-12(9)10(13)14-11(2,3)4/h5-6,9H,1,7-8H2,2-4H3/t9-/m1/s1. The van der Waals surface area contributed by atoms with E-state index in [9.17, 15) is 4.79 Å². The van der Waals surface area contributed by atoms with Crippen LogP contribution in [0.3, 0.4) is 0 Å². The Morgan fingerprint density at radius 3 is 2.64 bits per heavy atom. The van der Waals surface area contributed by atoms with Crippen molar-refractivity contribution in [3.05, 3.63) is 19.1 Å². The topological polar surface area (TPSA) is 29.5 Å². The highest BCUT2D eigenvalue weighted by Crippen LogP contribution is 2.15. The zero-order chi connectivity index (χ0) is 10.8. The molecular weight excluding hydrogens is 178 g/mol. The van der Waals surface area contributed by atoms with Gasteiger partial charge in [-0.2, -0.15) is 0 Å². The number of nitrogens with zero attached hydrogens (tertiary/aromatic N) is 1. The summed E-state index contributed by atoms with van der Waals surface area (Å²) in [5.74, 6) is 0. The first kappa shape index (κ1) is 11.1. The molecule has 0 aromatic rings. The zero-order valence-corrected chi connectivity index (χ0v) is 9.12. The summed E-state index contributed by atoms with van der Waals surface area (Å²) >= 11 is 0. The minimum absolute atomic E-state index is 0.00477. The van der Waals surface area contributed by atoms with Crippen LogP contribution in [0.4, 0.5) is 4.79 Å². The molecule has 3 nitrogen and oxygen atoms in total. The van der Waals surface area contributed by atoms with E-state index in [1.54, 1.807) is 4.90 Å². The van der Waals surface area contributed by atoms with Gasteiger partial charge in [-0.25, -0.2) is 4.79 Å². The second-order valence-electron chi connectivity index (χ2n) is 4.49. The number of carbonyl (C=O) groups is 1. The van der Waals surface area contributed by atoms with Crippen LogP contribution in [0, 0.1) is 6.92 Å². The molecule has 0 spiro atoms. The minimum atomic E-state index is -0.433. The Hall–Kier alpha value is -0.990. The first-order valence-electron chi connectivity index (χ1n) is 4.88. The predicted octanol–water partition coefficient (Wildman–Crippen LogP) is 2.39. The van der Waals surface area contributed by atoms with Gasteiger partial charge in [-0.3, -0.25) is 0 Å². The fraction of sp³-hybridized carbons (Fsp3) is 0.636. The van der Waals surface area contributed by atoms with Crippen LogP contribution in [-0.2, 0) is 4.74 Å². The van der Waals surface area contributed by atoms with Crippen molar-refractivity contribution >= 4 is 6.09 Å². The number of hydrogen-bond donors (Lipinski definition) is 0. The van der Waals surface area contributed by atoms with Crippen LogP contribution in [0.1, 0.15) is 27.2 Å². The van der Waals surface area contributed by atoms with Crippen LogP contribution >= 0.6 is 0 Å². The van der Waals surface area contributed by atoms with E-state index < -0.39 is 5.60 Å². The predicted molar refractivity (Wildman–Crippen MR) is 55.8 cm³/mol. The first-order chi connectivity index (χ1) is 6.40. The van der Waals surface area contributed by atoms with Crippen molar-refractivity contribution in [2.45, 2.75) is 38.8 Å². The lowest BCUT2D eigenvalue weighted by Gasteiger charge is -2.32. The molecule has 3 heteroatoms. The van der Waals surface area contributed by atoms with Crippen LogP contribution < -0.4 is 0 Å². The second kappa shape index (κ2) is 4.03. The maximum absolute atomic E-state index is 11.7. The molecule has 79 valence electrons. The Labute approximate surface area is 85.7 Å². The Morgan fingerprint density at radius 1 is 1.50 bits per heavy atom. The molecule has 1 heterocycles. The lowest BCUT2D eigenvalue weighted by atomic mass is 10.1. The molecule has 1 amide bonds.